The number of nitrogens with zero attached hydrogens (tertiary/aromatic N) is 4. The third-order valence-corrected chi connectivity index (χ3v) is 8.45. The van der Waals surface area contributed by atoms with Gasteiger partial charge in [-0.05, 0) is 51.5 Å². The first-order valence-corrected chi connectivity index (χ1v) is 14.9. The van der Waals surface area contributed by atoms with Crippen LogP contribution in [0.25, 0.3) is 0 Å². The van der Waals surface area contributed by atoms with Gasteiger partial charge in [0.1, 0.15) is 5.69 Å². The van der Waals surface area contributed by atoms with Gasteiger partial charge in [0.05, 0.1) is 17.6 Å². The van der Waals surface area contributed by atoms with Gasteiger partial charge in [-0.1, -0.05) is 6.92 Å². The lowest BCUT2D eigenvalue weighted by molar-refractivity contribution is -0.193. The topological polar surface area (TPSA) is 165 Å². The number of aliphatic hydroxyl groups is 1. The zero-order valence-electron chi connectivity index (χ0n) is 26.6. The Morgan fingerprint density at radius 2 is 1.47 bits per heavy atom. The first kappa shape index (κ1) is 41.7. The maximum atomic E-state index is 13.8. The van der Waals surface area contributed by atoms with Crippen molar-refractivity contribution in [2.75, 3.05) is 44.3 Å². The molecule has 1 aliphatic carbocycles. The quantitative estimate of drug-likeness (QED) is 0.327. The third kappa shape index (κ3) is 11.5. The average Bonchev–Trinajstić information content (AvgIpc) is 3.43. The summed E-state index contributed by atoms with van der Waals surface area (Å²) in [4.78, 5) is 42.7. The summed E-state index contributed by atoms with van der Waals surface area (Å²) in [7, 11) is 0. The number of aliphatic carboxylic acids is 2. The van der Waals surface area contributed by atoms with E-state index in [4.69, 9.17) is 24.5 Å². The van der Waals surface area contributed by atoms with E-state index >= 15 is 0 Å². The number of amides is 1. The van der Waals surface area contributed by atoms with Gasteiger partial charge >= 0.3 is 30.5 Å². The molecule has 4 rings (SSSR count). The number of piperazine rings is 1. The second-order valence-corrected chi connectivity index (χ2v) is 12.3. The molecule has 1 aromatic heterocycles. The van der Waals surface area contributed by atoms with Crippen molar-refractivity contribution in [1.29, 1.82) is 0 Å². The number of hydrogen-bond acceptors (Lipinski definition) is 9. The van der Waals surface area contributed by atoms with Crippen LogP contribution in [0.15, 0.2) is 12.3 Å². The van der Waals surface area contributed by atoms with Gasteiger partial charge in [-0.25, -0.2) is 19.6 Å². The number of carbonyl (C=O) groups is 3. The second kappa shape index (κ2) is 16.0. The van der Waals surface area contributed by atoms with Gasteiger partial charge in [0.25, 0.3) is 0 Å². The lowest BCUT2D eigenvalue weighted by Crippen LogP contribution is -2.59. The first-order valence-electron chi connectivity index (χ1n) is 14.9. The number of carboxylic acid groups (broad SMARTS) is 2. The van der Waals surface area contributed by atoms with E-state index in [1.807, 2.05) is 0 Å². The minimum Gasteiger partial charge on any atom is -0.475 e. The van der Waals surface area contributed by atoms with E-state index in [0.29, 0.717) is 51.0 Å². The zero-order chi connectivity index (χ0) is 37.6. The molecule has 3 aliphatic rings. The van der Waals surface area contributed by atoms with E-state index < -0.39 is 47.2 Å². The second-order valence-electron chi connectivity index (χ2n) is 12.3. The van der Waals surface area contributed by atoms with Gasteiger partial charge in [-0.2, -0.15) is 39.5 Å². The summed E-state index contributed by atoms with van der Waals surface area (Å²) in [5.41, 5.74) is -3.10. The van der Waals surface area contributed by atoms with Crippen LogP contribution >= 0.6 is 0 Å². The number of carboxylic acids is 2. The summed E-state index contributed by atoms with van der Waals surface area (Å²) in [6.45, 7) is 8.36. The highest BCUT2D eigenvalue weighted by atomic mass is 19.4. The molecule has 3 heterocycles. The molecule has 4 atom stereocenters. The van der Waals surface area contributed by atoms with Crippen LogP contribution in [0.2, 0.25) is 0 Å². The molecule has 21 heteroatoms. The predicted octanol–water partition coefficient (Wildman–Crippen LogP) is 3.74. The number of anilines is 1. The number of aromatic nitrogens is 2. The normalized spacial score (nSPS) is 25.0. The van der Waals surface area contributed by atoms with E-state index in [2.05, 4.69) is 22.2 Å². The summed E-state index contributed by atoms with van der Waals surface area (Å²) in [6, 6.07) is 1.32. The smallest absolute Gasteiger partial charge is 0.475 e. The molecule has 3 fully saturated rings. The Hall–Kier alpha value is -3.46. The standard InChI is InChI=1S/C24H36F3N5O3.2C2HF3O2/c1-16-15-35-13-6-18(16)29-17-4-7-23(14-17,22(2,3)34)20(33)31-9-11-32(12-10-31)21-28-8-5-19(30-21)24(25,26)27;2*3-2(4,5)1(6)7/h5,8,16-18,29,34H,4,6-7,9-15H2,1-3H3;2*(H,6,7)/t16?,17-,18-,23-;;/m1../s1. The van der Waals surface area contributed by atoms with Gasteiger partial charge in [0, 0.05) is 51.1 Å². The van der Waals surface area contributed by atoms with Crippen molar-refractivity contribution in [3.63, 3.8) is 0 Å². The van der Waals surface area contributed by atoms with Crippen molar-refractivity contribution in [2.45, 2.75) is 82.7 Å². The summed E-state index contributed by atoms with van der Waals surface area (Å²) in [5, 5.41) is 29.1. The van der Waals surface area contributed by atoms with Gasteiger partial charge in [0.15, 0.2) is 0 Å². The highest BCUT2D eigenvalue weighted by molar-refractivity contribution is 5.85. The molecule has 2 saturated heterocycles. The summed E-state index contributed by atoms with van der Waals surface area (Å²) in [6.07, 6.45) is -10.7. The fourth-order valence-electron chi connectivity index (χ4n) is 5.70. The monoisotopic (exact) mass is 727 g/mol. The van der Waals surface area contributed by atoms with Crippen LogP contribution in [0.1, 0.15) is 52.1 Å². The number of ether oxygens (including phenoxy) is 1. The van der Waals surface area contributed by atoms with Gasteiger partial charge in [-0.3, -0.25) is 4.79 Å². The maximum absolute atomic E-state index is 13.8. The Morgan fingerprint density at radius 1 is 0.939 bits per heavy atom. The summed E-state index contributed by atoms with van der Waals surface area (Å²) >= 11 is 0. The van der Waals surface area contributed by atoms with Crippen LogP contribution in [0.3, 0.4) is 0 Å². The van der Waals surface area contributed by atoms with Crippen molar-refractivity contribution in [3.8, 4) is 0 Å². The molecule has 280 valence electrons. The molecule has 1 unspecified atom stereocenters. The third-order valence-electron chi connectivity index (χ3n) is 8.45. The van der Waals surface area contributed by atoms with Crippen LogP contribution < -0.4 is 10.2 Å². The van der Waals surface area contributed by atoms with Crippen molar-refractivity contribution < 1.29 is 74.0 Å². The summed E-state index contributed by atoms with van der Waals surface area (Å²) < 4.78 is 108. The molecule has 0 spiro atoms. The minimum absolute atomic E-state index is 0.0137. The molecule has 1 saturated carbocycles. The SMILES string of the molecule is CC1COCC[C@H]1N[C@@H]1CC[C@@](C(=O)N2CCN(c3nccc(C(F)(F)F)n3)CC2)(C(C)(C)O)C1.O=C(O)C(F)(F)F.O=C(O)C(F)(F)F. The molecule has 49 heavy (non-hydrogen) atoms. The molecule has 1 aromatic rings. The lowest BCUT2D eigenvalue weighted by Gasteiger charge is -2.45. The van der Waals surface area contributed by atoms with Crippen LogP contribution in [0, 0.1) is 11.3 Å². The Morgan fingerprint density at radius 3 is 1.92 bits per heavy atom. The van der Waals surface area contributed by atoms with Crippen molar-refractivity contribution in [3.05, 3.63) is 18.0 Å². The Kier molecular flexibility index (Phi) is 13.7. The van der Waals surface area contributed by atoms with Crippen LogP contribution in [0.5, 0.6) is 0 Å². The Balaban J connectivity index is 0.000000500. The highest BCUT2D eigenvalue weighted by Gasteiger charge is 2.56. The molecule has 0 radical (unpaired) electrons. The Labute approximate surface area is 274 Å². The Bertz CT molecular complexity index is 1260. The maximum Gasteiger partial charge on any atom is 0.490 e. The van der Waals surface area contributed by atoms with Crippen LogP contribution in [0.4, 0.5) is 45.5 Å². The summed E-state index contributed by atoms with van der Waals surface area (Å²) in [5.74, 6) is -5.19. The lowest BCUT2D eigenvalue weighted by atomic mass is 9.70. The average molecular weight is 728 g/mol. The molecule has 12 nitrogen and oxygen atoms in total. The number of rotatable bonds is 5. The van der Waals surface area contributed by atoms with Crippen molar-refractivity contribution >= 4 is 23.8 Å². The molecular weight excluding hydrogens is 689 g/mol. The minimum atomic E-state index is -5.08. The van der Waals surface area contributed by atoms with Crippen LogP contribution in [-0.4, -0.2) is 117 Å². The zero-order valence-corrected chi connectivity index (χ0v) is 26.6. The van der Waals surface area contributed by atoms with E-state index in [1.165, 1.54) is 0 Å². The van der Waals surface area contributed by atoms with Gasteiger partial charge in [-0.15, -0.1) is 0 Å². The fourth-order valence-corrected chi connectivity index (χ4v) is 5.70. The molecule has 1 amide bonds. The number of alkyl halides is 9. The van der Waals surface area contributed by atoms with E-state index in [9.17, 15) is 49.4 Å². The first-order chi connectivity index (χ1) is 22.3. The number of halogens is 9. The highest BCUT2D eigenvalue weighted by Crippen LogP contribution is 2.48. The number of hydrogen-bond donors (Lipinski definition) is 4. The van der Waals surface area contributed by atoms with Crippen molar-refractivity contribution in [1.82, 2.24) is 20.2 Å². The molecular formula is C28H38F9N5O7. The molecule has 2 aliphatic heterocycles. The van der Waals surface area contributed by atoms with Crippen molar-refractivity contribution in [2.24, 2.45) is 11.3 Å². The van der Waals surface area contributed by atoms with Gasteiger partial charge in [0.2, 0.25) is 11.9 Å². The number of carbonyl (C=O) groups excluding carboxylic acids is 1. The van der Waals surface area contributed by atoms with E-state index in [0.717, 1.165) is 38.3 Å². The largest absolute Gasteiger partial charge is 0.490 e. The number of nitrogens with one attached hydrogen (secondary N) is 1. The predicted molar refractivity (Wildman–Crippen MR) is 151 cm³/mol. The van der Waals surface area contributed by atoms with E-state index in [-0.39, 0.29) is 17.9 Å². The molecule has 0 bridgehead atoms. The molecule has 4 N–H and O–H groups in total. The van der Waals surface area contributed by atoms with E-state index in [1.54, 1.807) is 23.6 Å². The molecule has 0 aromatic carbocycles. The fraction of sp³-hybridized carbons (Fsp3) is 0.750. The van der Waals surface area contributed by atoms with Crippen LogP contribution in [-0.2, 0) is 25.3 Å². The van der Waals surface area contributed by atoms with Gasteiger partial charge < -0.3 is 35.2 Å².